The molecular weight excluding hydrogens is 484 g/mol. The van der Waals surface area contributed by atoms with E-state index in [1.54, 1.807) is 20.2 Å². The molecule has 1 amide bonds. The quantitative estimate of drug-likeness (QED) is 0.512. The van der Waals surface area contributed by atoms with Crippen molar-refractivity contribution in [2.24, 2.45) is 13.0 Å². The molecule has 0 N–H and O–H groups in total. The van der Waals surface area contributed by atoms with Crippen molar-refractivity contribution in [1.82, 2.24) is 13.8 Å². The smallest absolute Gasteiger partial charge is 0.419 e. The molecule has 10 nitrogen and oxygen atoms in total. The van der Waals surface area contributed by atoms with E-state index in [1.807, 2.05) is 29.2 Å². The zero-order chi connectivity index (χ0) is 25.4. The molecule has 0 saturated carbocycles. The average molecular weight is 515 g/mol. The Hall–Kier alpha value is -3.31. The summed E-state index contributed by atoms with van der Waals surface area (Å²) in [7, 11) is -0.621. The Bertz CT molecular complexity index is 1440. The number of rotatable bonds is 5. The van der Waals surface area contributed by atoms with E-state index in [-0.39, 0.29) is 28.8 Å². The highest BCUT2D eigenvalue weighted by atomic mass is 32.2. The number of hydrogen-bond acceptors (Lipinski definition) is 7. The summed E-state index contributed by atoms with van der Waals surface area (Å²) in [6.07, 6.45) is 1.27. The molecule has 1 aromatic heterocycles. The van der Waals surface area contributed by atoms with E-state index in [9.17, 15) is 18.0 Å². The van der Waals surface area contributed by atoms with Crippen LogP contribution in [0.2, 0.25) is 0 Å². The van der Waals surface area contributed by atoms with E-state index in [4.69, 9.17) is 9.15 Å². The molecule has 11 heteroatoms. The third-order valence-electron chi connectivity index (χ3n) is 7.15. The number of piperazine rings is 1. The van der Waals surface area contributed by atoms with Crippen molar-refractivity contribution < 1.29 is 22.4 Å². The molecular formula is C25H30N4O6S. The van der Waals surface area contributed by atoms with Crippen LogP contribution in [0.5, 0.6) is 5.75 Å². The Kier molecular flexibility index (Phi) is 6.52. The number of sulfonamides is 1. The highest BCUT2D eigenvalue weighted by Gasteiger charge is 2.36. The van der Waals surface area contributed by atoms with E-state index in [0.717, 1.165) is 11.4 Å². The average Bonchev–Trinajstić information content (AvgIpc) is 3.20. The van der Waals surface area contributed by atoms with Gasteiger partial charge >= 0.3 is 5.76 Å². The molecule has 5 rings (SSSR count). The summed E-state index contributed by atoms with van der Waals surface area (Å²) < 4.78 is 40.1. The number of amides is 1. The fourth-order valence-corrected chi connectivity index (χ4v) is 6.64. The first-order valence-electron chi connectivity index (χ1n) is 12.1. The second kappa shape index (κ2) is 9.62. The monoisotopic (exact) mass is 514 g/mol. The lowest BCUT2D eigenvalue weighted by Gasteiger charge is -2.39. The van der Waals surface area contributed by atoms with Crippen LogP contribution in [-0.2, 0) is 21.9 Å². The fraction of sp³-hybridized carbons (Fsp3) is 0.440. The summed E-state index contributed by atoms with van der Waals surface area (Å²) in [6, 6.07) is 12.3. The van der Waals surface area contributed by atoms with Crippen molar-refractivity contribution >= 4 is 32.7 Å². The van der Waals surface area contributed by atoms with Gasteiger partial charge in [0, 0.05) is 52.4 Å². The minimum Gasteiger partial charge on any atom is -0.495 e. The predicted molar refractivity (Wildman–Crippen MR) is 135 cm³/mol. The molecule has 192 valence electrons. The first-order chi connectivity index (χ1) is 17.3. The molecule has 0 bridgehead atoms. The standard InChI is InChI=1S/C25H30N4O6S/c1-26-20-10-9-19(16-23(20)35-25(26)31)36(32,33)29-11-5-6-18(17-29)24(30)28-14-12-27(13-15-28)21-7-3-4-8-22(21)34-2/h3-4,7-10,16,18H,5-6,11-15,17H2,1-2H3/t18-/m0/s1. The maximum atomic E-state index is 13.4. The van der Waals surface area contributed by atoms with E-state index in [0.29, 0.717) is 51.1 Å². The lowest BCUT2D eigenvalue weighted by atomic mass is 9.97. The second-order valence-electron chi connectivity index (χ2n) is 9.24. The van der Waals surface area contributed by atoms with Crippen molar-refractivity contribution in [3.63, 3.8) is 0 Å². The third kappa shape index (κ3) is 4.37. The number of aromatic nitrogens is 1. The Morgan fingerprint density at radius 2 is 1.81 bits per heavy atom. The van der Waals surface area contributed by atoms with Gasteiger partial charge in [-0.3, -0.25) is 9.36 Å². The lowest BCUT2D eigenvalue weighted by Crippen LogP contribution is -2.53. The van der Waals surface area contributed by atoms with Crippen LogP contribution in [0.25, 0.3) is 11.1 Å². The van der Waals surface area contributed by atoms with Gasteiger partial charge in [-0.2, -0.15) is 4.31 Å². The zero-order valence-corrected chi connectivity index (χ0v) is 21.2. The van der Waals surface area contributed by atoms with E-state index < -0.39 is 15.8 Å². The molecule has 2 aliphatic heterocycles. The molecule has 3 aromatic rings. The molecule has 0 spiro atoms. The number of oxazole rings is 1. The van der Waals surface area contributed by atoms with Crippen LogP contribution >= 0.6 is 0 Å². The van der Waals surface area contributed by atoms with Gasteiger partial charge in [-0.15, -0.1) is 0 Å². The largest absolute Gasteiger partial charge is 0.495 e. The van der Waals surface area contributed by atoms with Gasteiger partial charge in [-0.25, -0.2) is 13.2 Å². The third-order valence-corrected chi connectivity index (χ3v) is 9.01. The highest BCUT2D eigenvalue weighted by Crippen LogP contribution is 2.30. The first kappa shape index (κ1) is 24.4. The van der Waals surface area contributed by atoms with E-state index in [1.165, 1.54) is 21.0 Å². The topological polar surface area (TPSA) is 105 Å². The number of methoxy groups -OCH3 is 1. The number of carbonyl (C=O) groups is 1. The number of nitrogens with zero attached hydrogens (tertiary/aromatic N) is 4. The number of ether oxygens (including phenoxy) is 1. The van der Waals surface area contributed by atoms with E-state index >= 15 is 0 Å². The predicted octanol–water partition coefficient (Wildman–Crippen LogP) is 1.89. The lowest BCUT2D eigenvalue weighted by molar-refractivity contribution is -0.137. The molecule has 2 aliphatic rings. The molecule has 2 saturated heterocycles. The van der Waals surface area contributed by atoms with Crippen molar-refractivity contribution in [2.45, 2.75) is 17.7 Å². The number of piperidine rings is 1. The fourth-order valence-electron chi connectivity index (χ4n) is 5.10. The maximum absolute atomic E-state index is 13.4. The number of anilines is 1. The number of para-hydroxylation sites is 2. The molecule has 36 heavy (non-hydrogen) atoms. The SMILES string of the molecule is COc1ccccc1N1CCN(C(=O)[C@H]2CCCN(S(=O)(=O)c3ccc4c(c3)oc(=O)n4C)C2)CC1. The zero-order valence-electron chi connectivity index (χ0n) is 20.4. The highest BCUT2D eigenvalue weighted by molar-refractivity contribution is 7.89. The van der Waals surface area contributed by atoms with Gasteiger partial charge in [0.15, 0.2) is 5.58 Å². The van der Waals surface area contributed by atoms with Gasteiger partial charge in [0.2, 0.25) is 15.9 Å². The molecule has 3 heterocycles. The van der Waals surface area contributed by atoms with Gasteiger partial charge in [-0.1, -0.05) is 12.1 Å². The van der Waals surface area contributed by atoms with Gasteiger partial charge in [0.05, 0.1) is 29.1 Å². The van der Waals surface area contributed by atoms with Gasteiger partial charge in [-0.05, 0) is 37.1 Å². The minimum absolute atomic E-state index is 0.000847. The van der Waals surface area contributed by atoms with Crippen LogP contribution in [0.1, 0.15) is 12.8 Å². The summed E-state index contributed by atoms with van der Waals surface area (Å²) in [5, 5.41) is 0. The summed E-state index contributed by atoms with van der Waals surface area (Å²) in [6.45, 7) is 3.01. The Morgan fingerprint density at radius 1 is 1.06 bits per heavy atom. The van der Waals surface area contributed by atoms with Gasteiger partial charge in [0.25, 0.3) is 0 Å². The number of hydrogen-bond donors (Lipinski definition) is 0. The molecule has 2 aromatic carbocycles. The number of benzene rings is 2. The normalized spacial score (nSPS) is 19.6. The number of aryl methyl sites for hydroxylation is 1. The molecule has 0 radical (unpaired) electrons. The first-order valence-corrected chi connectivity index (χ1v) is 13.5. The molecule has 0 unspecified atom stereocenters. The summed E-state index contributed by atoms with van der Waals surface area (Å²) in [5.74, 6) is -0.129. The van der Waals surface area contributed by atoms with Crippen molar-refractivity contribution in [2.75, 3.05) is 51.3 Å². The Balaban J connectivity index is 1.26. The Labute approximate surface area is 209 Å². The number of carbonyl (C=O) groups excluding carboxylic acids is 1. The van der Waals surface area contributed by atoms with E-state index in [2.05, 4.69) is 4.90 Å². The summed E-state index contributed by atoms with van der Waals surface area (Å²) >= 11 is 0. The molecule has 1 atom stereocenters. The Morgan fingerprint density at radius 3 is 2.56 bits per heavy atom. The van der Waals surface area contributed by atoms with Crippen LogP contribution in [0, 0.1) is 5.92 Å². The van der Waals surface area contributed by atoms with Crippen molar-refractivity contribution in [3.8, 4) is 5.75 Å². The van der Waals surface area contributed by atoms with Crippen LogP contribution in [-0.4, -0.2) is 74.5 Å². The molecule has 0 aliphatic carbocycles. The van der Waals surface area contributed by atoms with Crippen LogP contribution < -0.4 is 15.4 Å². The van der Waals surface area contributed by atoms with Gasteiger partial charge < -0.3 is 19.0 Å². The van der Waals surface area contributed by atoms with Crippen LogP contribution in [0.3, 0.4) is 0 Å². The maximum Gasteiger partial charge on any atom is 0.419 e. The van der Waals surface area contributed by atoms with Crippen LogP contribution in [0.15, 0.2) is 56.6 Å². The van der Waals surface area contributed by atoms with Gasteiger partial charge in [0.1, 0.15) is 5.75 Å². The summed E-state index contributed by atoms with van der Waals surface area (Å²) in [5.41, 5.74) is 1.76. The second-order valence-corrected chi connectivity index (χ2v) is 11.2. The molecule has 2 fully saturated rings. The van der Waals surface area contributed by atoms with Crippen LogP contribution in [0.4, 0.5) is 5.69 Å². The summed E-state index contributed by atoms with van der Waals surface area (Å²) in [4.78, 5) is 29.2. The van der Waals surface area contributed by atoms with Crippen molar-refractivity contribution in [3.05, 3.63) is 53.0 Å². The number of fused-ring (bicyclic) bond motifs is 1. The minimum atomic E-state index is -3.84. The van der Waals surface area contributed by atoms with Crippen molar-refractivity contribution in [1.29, 1.82) is 0 Å².